The zero-order valence-corrected chi connectivity index (χ0v) is 11.3. The Kier molecular flexibility index (Phi) is 4.39. The van der Waals surface area contributed by atoms with Crippen molar-refractivity contribution in [3.8, 4) is 11.6 Å². The van der Waals surface area contributed by atoms with Gasteiger partial charge in [0.25, 0.3) is 5.88 Å². The molecule has 3 N–H and O–H groups in total. The lowest BCUT2D eigenvalue weighted by molar-refractivity contribution is 0.234. The van der Waals surface area contributed by atoms with Crippen molar-refractivity contribution < 1.29 is 14.3 Å². The smallest absolute Gasteiger partial charge is 0.255 e. The standard InChI is InChI=1S/C12H8Cl2FN3O2/c13-6-3-10(15)12(17-5-6)20-7-1-2-8(9(14)4-7)11(16)18-19/h1-5,19H,(H2,16,18). The number of hydrogen-bond acceptors (Lipinski definition) is 4. The zero-order valence-electron chi connectivity index (χ0n) is 9.82. The second-order valence-corrected chi connectivity index (χ2v) is 4.51. The monoisotopic (exact) mass is 315 g/mol. The molecule has 104 valence electrons. The average molecular weight is 316 g/mol. The molecule has 1 aromatic carbocycles. The minimum atomic E-state index is -0.706. The van der Waals surface area contributed by atoms with E-state index in [0.717, 1.165) is 6.07 Å². The van der Waals surface area contributed by atoms with Crippen molar-refractivity contribution in [2.24, 2.45) is 0 Å². The molecular weight excluding hydrogens is 308 g/mol. The van der Waals surface area contributed by atoms with E-state index in [1.807, 2.05) is 0 Å². The highest BCUT2D eigenvalue weighted by atomic mass is 35.5. The van der Waals surface area contributed by atoms with Crippen LogP contribution in [0.15, 0.2) is 30.5 Å². The number of hydrogen-bond donors (Lipinski definition) is 3. The number of pyridine rings is 1. The molecule has 1 heterocycles. The first-order valence-electron chi connectivity index (χ1n) is 5.28. The van der Waals surface area contributed by atoms with Crippen LogP contribution in [0.2, 0.25) is 10.0 Å². The van der Waals surface area contributed by atoms with Crippen LogP contribution < -0.4 is 10.2 Å². The summed E-state index contributed by atoms with van der Waals surface area (Å²) >= 11 is 11.5. The van der Waals surface area contributed by atoms with Crippen LogP contribution in [0.1, 0.15) is 5.56 Å². The minimum absolute atomic E-state index is 0.156. The third-order valence-electron chi connectivity index (χ3n) is 2.31. The predicted molar refractivity (Wildman–Crippen MR) is 72.5 cm³/mol. The second kappa shape index (κ2) is 6.04. The fourth-order valence-corrected chi connectivity index (χ4v) is 1.82. The normalized spacial score (nSPS) is 10.2. The van der Waals surface area contributed by atoms with Crippen LogP contribution in [0.3, 0.4) is 0 Å². The number of rotatable bonds is 3. The van der Waals surface area contributed by atoms with Gasteiger partial charge < -0.3 is 4.74 Å². The molecule has 2 aromatic rings. The molecule has 0 atom stereocenters. The van der Waals surface area contributed by atoms with Crippen molar-refractivity contribution in [1.82, 2.24) is 10.5 Å². The Balaban J connectivity index is 2.26. The number of nitrogens with one attached hydrogen (secondary N) is 2. The highest BCUT2D eigenvalue weighted by molar-refractivity contribution is 6.34. The van der Waals surface area contributed by atoms with Crippen molar-refractivity contribution in [2.45, 2.75) is 0 Å². The maximum atomic E-state index is 13.5. The Bertz CT molecular complexity index is 667. The molecule has 0 aliphatic carbocycles. The molecule has 0 bridgehead atoms. The van der Waals surface area contributed by atoms with Crippen LogP contribution in [-0.2, 0) is 0 Å². The lowest BCUT2D eigenvalue weighted by Crippen LogP contribution is -2.18. The number of aromatic nitrogens is 1. The lowest BCUT2D eigenvalue weighted by Gasteiger charge is -2.09. The Morgan fingerprint density at radius 2 is 2.10 bits per heavy atom. The average Bonchev–Trinajstić information content (AvgIpc) is 2.41. The van der Waals surface area contributed by atoms with Crippen LogP contribution in [0.4, 0.5) is 4.39 Å². The molecule has 0 unspecified atom stereocenters. The van der Waals surface area contributed by atoms with E-state index in [0.29, 0.717) is 0 Å². The largest absolute Gasteiger partial charge is 0.436 e. The summed E-state index contributed by atoms with van der Waals surface area (Å²) in [5, 5.41) is 16.4. The molecule has 0 saturated carbocycles. The van der Waals surface area contributed by atoms with E-state index >= 15 is 0 Å². The van der Waals surface area contributed by atoms with Gasteiger partial charge in [-0.2, -0.15) is 0 Å². The third-order valence-corrected chi connectivity index (χ3v) is 2.83. The summed E-state index contributed by atoms with van der Waals surface area (Å²) < 4.78 is 18.7. The molecule has 2 rings (SSSR count). The fraction of sp³-hybridized carbons (Fsp3) is 0. The van der Waals surface area contributed by atoms with Crippen molar-refractivity contribution in [3.63, 3.8) is 0 Å². The molecule has 0 fully saturated rings. The first-order valence-corrected chi connectivity index (χ1v) is 6.04. The molecule has 5 nitrogen and oxygen atoms in total. The van der Waals surface area contributed by atoms with Gasteiger partial charge in [0.2, 0.25) is 0 Å². The minimum Gasteiger partial charge on any atom is -0.436 e. The summed E-state index contributed by atoms with van der Waals surface area (Å²) in [6, 6.07) is 5.35. The molecular formula is C12H8Cl2FN3O2. The summed E-state index contributed by atoms with van der Waals surface area (Å²) in [5.41, 5.74) is 1.95. The topological polar surface area (TPSA) is 78.2 Å². The number of ether oxygens (including phenoxy) is 1. The maximum Gasteiger partial charge on any atom is 0.255 e. The van der Waals surface area contributed by atoms with Gasteiger partial charge in [0.15, 0.2) is 11.7 Å². The van der Waals surface area contributed by atoms with E-state index in [2.05, 4.69) is 4.98 Å². The summed E-state index contributed by atoms with van der Waals surface area (Å²) in [6.45, 7) is 0. The number of amidine groups is 1. The third kappa shape index (κ3) is 3.16. The first kappa shape index (κ1) is 14.5. The lowest BCUT2D eigenvalue weighted by atomic mass is 10.2. The molecule has 0 saturated heterocycles. The summed E-state index contributed by atoms with van der Waals surface area (Å²) in [5.74, 6) is -0.980. The second-order valence-electron chi connectivity index (χ2n) is 3.67. The molecule has 20 heavy (non-hydrogen) atoms. The molecule has 0 spiro atoms. The van der Waals surface area contributed by atoms with Crippen molar-refractivity contribution >= 4 is 29.0 Å². The Morgan fingerprint density at radius 1 is 1.35 bits per heavy atom. The van der Waals surface area contributed by atoms with Crippen molar-refractivity contribution in [1.29, 1.82) is 5.41 Å². The van der Waals surface area contributed by atoms with Crippen LogP contribution in [-0.4, -0.2) is 16.0 Å². The SMILES string of the molecule is N=C(NO)c1ccc(Oc2ncc(Cl)cc2F)cc1Cl. The molecule has 0 amide bonds. The molecule has 1 aromatic heterocycles. The van der Waals surface area contributed by atoms with Crippen molar-refractivity contribution in [3.05, 3.63) is 51.9 Å². The van der Waals surface area contributed by atoms with E-state index in [1.165, 1.54) is 24.4 Å². The van der Waals surface area contributed by atoms with Crippen LogP contribution in [0.5, 0.6) is 11.6 Å². The highest BCUT2D eigenvalue weighted by Crippen LogP contribution is 2.28. The van der Waals surface area contributed by atoms with Crippen LogP contribution >= 0.6 is 23.2 Å². The highest BCUT2D eigenvalue weighted by Gasteiger charge is 2.11. The molecule has 0 aliphatic heterocycles. The Labute approximate surface area is 123 Å². The van der Waals surface area contributed by atoms with E-state index in [4.69, 9.17) is 38.6 Å². The van der Waals surface area contributed by atoms with Crippen LogP contribution in [0.25, 0.3) is 0 Å². The molecule has 8 heteroatoms. The van der Waals surface area contributed by atoms with E-state index < -0.39 is 5.82 Å². The quantitative estimate of drug-likeness (QED) is 0.459. The maximum absolute atomic E-state index is 13.5. The van der Waals surface area contributed by atoms with Gasteiger partial charge in [-0.15, -0.1) is 0 Å². The van der Waals surface area contributed by atoms with Gasteiger partial charge in [0, 0.05) is 17.8 Å². The number of nitrogens with zero attached hydrogens (tertiary/aromatic N) is 1. The Morgan fingerprint density at radius 3 is 2.70 bits per heavy atom. The van der Waals surface area contributed by atoms with Gasteiger partial charge in [-0.25, -0.2) is 9.37 Å². The van der Waals surface area contributed by atoms with Crippen LogP contribution in [0, 0.1) is 11.2 Å². The number of benzene rings is 1. The Hall–Kier alpha value is -1.89. The summed E-state index contributed by atoms with van der Waals surface area (Å²) in [7, 11) is 0. The van der Waals surface area contributed by atoms with E-state index in [-0.39, 0.29) is 33.1 Å². The molecule has 0 radical (unpaired) electrons. The van der Waals surface area contributed by atoms with Gasteiger partial charge >= 0.3 is 0 Å². The van der Waals surface area contributed by atoms with Gasteiger partial charge in [0.05, 0.1) is 10.0 Å². The van der Waals surface area contributed by atoms with E-state index in [9.17, 15) is 4.39 Å². The number of hydroxylamine groups is 1. The van der Waals surface area contributed by atoms with Gasteiger partial charge in [-0.3, -0.25) is 16.1 Å². The van der Waals surface area contributed by atoms with E-state index in [1.54, 1.807) is 5.48 Å². The predicted octanol–water partition coefficient (Wildman–Crippen LogP) is 3.62. The first-order chi connectivity index (χ1) is 9.51. The molecule has 0 aliphatic rings. The van der Waals surface area contributed by atoms with Gasteiger partial charge in [-0.1, -0.05) is 23.2 Å². The fourth-order valence-electron chi connectivity index (χ4n) is 1.41. The summed E-state index contributed by atoms with van der Waals surface area (Å²) in [4.78, 5) is 3.71. The van der Waals surface area contributed by atoms with Gasteiger partial charge in [0.1, 0.15) is 5.75 Å². The number of halogens is 3. The zero-order chi connectivity index (χ0) is 14.7. The van der Waals surface area contributed by atoms with Gasteiger partial charge in [-0.05, 0) is 18.2 Å². The summed E-state index contributed by atoms with van der Waals surface area (Å²) in [6.07, 6.45) is 1.25. The van der Waals surface area contributed by atoms with Crippen molar-refractivity contribution in [2.75, 3.05) is 0 Å².